The van der Waals surface area contributed by atoms with E-state index in [1.54, 1.807) is 12.4 Å². The van der Waals surface area contributed by atoms with E-state index < -0.39 is 0 Å². The third-order valence-electron chi connectivity index (χ3n) is 5.87. The predicted octanol–water partition coefficient (Wildman–Crippen LogP) is 6.69. The molecule has 5 nitrogen and oxygen atoms in total. The summed E-state index contributed by atoms with van der Waals surface area (Å²) in [6.45, 7) is 0. The maximum atomic E-state index is 6.33. The Hall–Kier alpha value is -3.67. The van der Waals surface area contributed by atoms with Gasteiger partial charge in [-0.3, -0.25) is 0 Å². The fourth-order valence-electron chi connectivity index (χ4n) is 4.38. The van der Waals surface area contributed by atoms with E-state index in [9.17, 15) is 0 Å². The molecule has 0 aliphatic heterocycles. The quantitative estimate of drug-likeness (QED) is 0.288. The first-order chi connectivity index (χ1) is 16.2. The molecule has 33 heavy (non-hydrogen) atoms. The molecule has 3 aromatic heterocycles. The van der Waals surface area contributed by atoms with Crippen molar-refractivity contribution in [2.75, 3.05) is 0 Å². The molecule has 0 bridgehead atoms. The Balaban J connectivity index is 1.63. The van der Waals surface area contributed by atoms with E-state index in [-0.39, 0.29) is 6.04 Å². The van der Waals surface area contributed by atoms with Gasteiger partial charge in [-0.2, -0.15) is 0 Å². The van der Waals surface area contributed by atoms with Gasteiger partial charge in [-0.1, -0.05) is 58.7 Å². The Labute approximate surface area is 199 Å². The predicted molar refractivity (Wildman–Crippen MR) is 132 cm³/mol. The number of aromatic nitrogens is 5. The van der Waals surface area contributed by atoms with Gasteiger partial charge in [0.05, 0.1) is 29.6 Å². The SMILES string of the molecule is Clc1ccc(C(c2ccc3c(c2)c(-c2cccc(Cl)c2)cc2cnnn23)n2ccnc2)cc1. The Bertz CT molecular complexity index is 1590. The Morgan fingerprint density at radius 3 is 2.45 bits per heavy atom. The first-order valence-corrected chi connectivity index (χ1v) is 11.2. The highest BCUT2D eigenvalue weighted by Gasteiger charge is 2.19. The summed E-state index contributed by atoms with van der Waals surface area (Å²) in [5, 5.41) is 10.9. The lowest BCUT2D eigenvalue weighted by molar-refractivity contribution is 0.677. The zero-order valence-electron chi connectivity index (χ0n) is 17.3. The fourth-order valence-corrected chi connectivity index (χ4v) is 4.69. The molecule has 3 heterocycles. The van der Waals surface area contributed by atoms with Crippen LogP contribution in [0, 0.1) is 0 Å². The molecule has 0 saturated carbocycles. The molecule has 0 N–H and O–H groups in total. The first kappa shape index (κ1) is 20.0. The highest BCUT2D eigenvalue weighted by Crippen LogP contribution is 2.35. The molecule has 1 atom stereocenters. The summed E-state index contributed by atoms with van der Waals surface area (Å²) in [6, 6.07) is 24.3. The molecule has 0 fully saturated rings. The monoisotopic (exact) mass is 469 g/mol. The standard InChI is InChI=1S/C26H17Cl2N5/c27-20-7-4-17(5-8-20)26(32-11-10-29-16-32)19-6-9-25-24(13-19)23(14-22-15-30-31-33(22)25)18-2-1-3-21(28)12-18/h1-16,26H. The summed E-state index contributed by atoms with van der Waals surface area (Å²) in [5.41, 5.74) is 6.25. The highest BCUT2D eigenvalue weighted by atomic mass is 35.5. The summed E-state index contributed by atoms with van der Waals surface area (Å²) in [4.78, 5) is 4.28. The van der Waals surface area contributed by atoms with Gasteiger partial charge in [-0.05, 0) is 64.7 Å². The van der Waals surface area contributed by atoms with Crippen LogP contribution in [0.1, 0.15) is 17.2 Å². The Kier molecular flexibility index (Phi) is 4.86. The molecule has 7 heteroatoms. The van der Waals surface area contributed by atoms with Crippen LogP contribution < -0.4 is 0 Å². The number of benzene rings is 3. The van der Waals surface area contributed by atoms with Gasteiger partial charge in [-0.25, -0.2) is 9.50 Å². The second-order valence-electron chi connectivity index (χ2n) is 7.88. The van der Waals surface area contributed by atoms with Crippen LogP contribution >= 0.6 is 23.2 Å². The maximum Gasteiger partial charge on any atom is 0.0954 e. The van der Waals surface area contributed by atoms with Gasteiger partial charge >= 0.3 is 0 Å². The van der Waals surface area contributed by atoms with Crippen molar-refractivity contribution in [1.29, 1.82) is 0 Å². The number of nitrogens with zero attached hydrogens (tertiary/aromatic N) is 5. The minimum absolute atomic E-state index is 0.0622. The van der Waals surface area contributed by atoms with Crippen LogP contribution in [0.4, 0.5) is 0 Å². The van der Waals surface area contributed by atoms with Crippen LogP contribution in [0.2, 0.25) is 10.0 Å². The van der Waals surface area contributed by atoms with E-state index in [1.807, 2.05) is 47.4 Å². The zero-order chi connectivity index (χ0) is 22.4. The molecular formula is C26H17Cl2N5. The molecule has 0 aliphatic carbocycles. The van der Waals surface area contributed by atoms with Crippen LogP contribution in [-0.2, 0) is 0 Å². The number of halogens is 2. The summed E-state index contributed by atoms with van der Waals surface area (Å²) < 4.78 is 3.96. The van der Waals surface area contributed by atoms with Gasteiger partial charge < -0.3 is 4.57 Å². The topological polar surface area (TPSA) is 48.0 Å². The number of imidazole rings is 1. The summed E-state index contributed by atoms with van der Waals surface area (Å²) in [5.74, 6) is 0. The molecular weight excluding hydrogens is 453 g/mol. The van der Waals surface area contributed by atoms with Gasteiger partial charge in [0.2, 0.25) is 0 Å². The molecule has 6 aromatic rings. The summed E-state index contributed by atoms with van der Waals surface area (Å²) in [7, 11) is 0. The molecule has 0 amide bonds. The number of pyridine rings is 1. The van der Waals surface area contributed by atoms with Crippen molar-refractivity contribution in [3.63, 3.8) is 0 Å². The van der Waals surface area contributed by atoms with Crippen LogP contribution in [0.25, 0.3) is 27.5 Å². The lowest BCUT2D eigenvalue weighted by Crippen LogP contribution is -2.11. The van der Waals surface area contributed by atoms with Crippen LogP contribution in [0.5, 0.6) is 0 Å². The van der Waals surface area contributed by atoms with Gasteiger partial charge in [0.15, 0.2) is 0 Å². The molecule has 1 unspecified atom stereocenters. The number of fused-ring (bicyclic) bond motifs is 3. The highest BCUT2D eigenvalue weighted by molar-refractivity contribution is 6.31. The molecule has 0 saturated heterocycles. The van der Waals surface area contributed by atoms with E-state index in [4.69, 9.17) is 23.2 Å². The zero-order valence-corrected chi connectivity index (χ0v) is 18.8. The van der Waals surface area contributed by atoms with Crippen LogP contribution in [0.3, 0.4) is 0 Å². The molecule has 0 aliphatic rings. The van der Waals surface area contributed by atoms with Gasteiger partial charge in [-0.15, -0.1) is 5.10 Å². The largest absolute Gasteiger partial charge is 0.326 e. The van der Waals surface area contributed by atoms with Crippen molar-refractivity contribution < 1.29 is 0 Å². The number of hydrogen-bond donors (Lipinski definition) is 0. The van der Waals surface area contributed by atoms with Crippen LogP contribution in [-0.4, -0.2) is 24.4 Å². The molecule has 0 radical (unpaired) electrons. The van der Waals surface area contributed by atoms with Crippen molar-refractivity contribution in [2.24, 2.45) is 0 Å². The van der Waals surface area contributed by atoms with Gasteiger partial charge in [0.1, 0.15) is 0 Å². The normalized spacial score (nSPS) is 12.4. The molecule has 0 spiro atoms. The Morgan fingerprint density at radius 1 is 0.818 bits per heavy atom. The second kappa shape index (κ2) is 8.03. The number of rotatable bonds is 4. The number of hydrogen-bond acceptors (Lipinski definition) is 3. The van der Waals surface area contributed by atoms with E-state index >= 15 is 0 Å². The Morgan fingerprint density at radius 2 is 1.67 bits per heavy atom. The van der Waals surface area contributed by atoms with E-state index in [1.165, 1.54) is 0 Å². The molecule has 6 rings (SSSR count). The smallest absolute Gasteiger partial charge is 0.0954 e. The lowest BCUT2D eigenvalue weighted by atomic mass is 9.94. The van der Waals surface area contributed by atoms with Crippen molar-refractivity contribution in [2.45, 2.75) is 6.04 Å². The summed E-state index contributed by atoms with van der Waals surface area (Å²) >= 11 is 12.5. The molecule has 3 aromatic carbocycles. The first-order valence-electron chi connectivity index (χ1n) is 10.4. The third kappa shape index (κ3) is 3.55. The van der Waals surface area contributed by atoms with E-state index in [0.29, 0.717) is 10.0 Å². The van der Waals surface area contributed by atoms with Gasteiger partial charge in [0.25, 0.3) is 0 Å². The van der Waals surface area contributed by atoms with Crippen LogP contribution in [0.15, 0.2) is 97.7 Å². The minimum atomic E-state index is -0.0622. The maximum absolute atomic E-state index is 6.33. The lowest BCUT2D eigenvalue weighted by Gasteiger charge is -2.21. The van der Waals surface area contributed by atoms with Crippen molar-refractivity contribution in [1.82, 2.24) is 24.4 Å². The van der Waals surface area contributed by atoms with Crippen molar-refractivity contribution in [3.05, 3.63) is 119 Å². The van der Waals surface area contributed by atoms with E-state index in [2.05, 4.69) is 62.3 Å². The van der Waals surface area contributed by atoms with E-state index in [0.717, 1.165) is 38.7 Å². The van der Waals surface area contributed by atoms with Gasteiger partial charge in [0, 0.05) is 27.8 Å². The fraction of sp³-hybridized carbons (Fsp3) is 0.0385. The molecule has 160 valence electrons. The third-order valence-corrected chi connectivity index (χ3v) is 6.35. The average molecular weight is 470 g/mol. The summed E-state index contributed by atoms with van der Waals surface area (Å²) in [6.07, 6.45) is 7.37. The minimum Gasteiger partial charge on any atom is -0.326 e. The second-order valence-corrected chi connectivity index (χ2v) is 8.75. The van der Waals surface area contributed by atoms with Crippen molar-refractivity contribution in [3.8, 4) is 11.1 Å². The van der Waals surface area contributed by atoms with Crippen molar-refractivity contribution >= 4 is 39.6 Å². The average Bonchev–Trinajstić information content (AvgIpc) is 3.52.